The molecule has 0 spiro atoms. The molecule has 5 heteroatoms. The van der Waals surface area contributed by atoms with Crippen LogP contribution in [0.15, 0.2) is 0 Å². The molecule has 1 amide bonds. The summed E-state index contributed by atoms with van der Waals surface area (Å²) in [6.07, 6.45) is 4.90. The molecule has 0 unspecified atom stereocenters. The summed E-state index contributed by atoms with van der Waals surface area (Å²) in [5.74, 6) is 0.906. The average Bonchev–Trinajstić information content (AvgIpc) is 2.18. The number of rotatable bonds is 6. The molecule has 1 fully saturated rings. The van der Waals surface area contributed by atoms with Gasteiger partial charge >= 0.3 is 0 Å². The van der Waals surface area contributed by atoms with Crippen LogP contribution in [-0.2, 0) is 9.53 Å². The molecule has 1 rings (SSSR count). The fourth-order valence-electron chi connectivity index (χ4n) is 1.56. The molecule has 0 saturated heterocycles. The van der Waals surface area contributed by atoms with Gasteiger partial charge in [0, 0.05) is 13.2 Å². The lowest BCUT2D eigenvalue weighted by Crippen LogP contribution is -2.52. The largest absolute Gasteiger partial charge is 0.381 e. The number of methoxy groups -OCH3 is 1. The maximum absolute atomic E-state index is 11.6. The summed E-state index contributed by atoms with van der Waals surface area (Å²) in [6.45, 7) is 0. The minimum absolute atomic E-state index is 0.0244. The molecule has 0 aromatic heterocycles. The third-order valence-electron chi connectivity index (χ3n) is 2.74. The Bertz CT molecular complexity index is 208. The zero-order valence-electron chi connectivity index (χ0n) is 9.36. The highest BCUT2D eigenvalue weighted by molar-refractivity contribution is 7.98. The van der Waals surface area contributed by atoms with E-state index in [-0.39, 0.29) is 18.0 Å². The summed E-state index contributed by atoms with van der Waals surface area (Å²) in [6, 6.07) is -0.0955. The van der Waals surface area contributed by atoms with E-state index in [4.69, 9.17) is 10.5 Å². The third-order valence-corrected chi connectivity index (χ3v) is 3.39. The second-order valence-electron chi connectivity index (χ2n) is 3.92. The van der Waals surface area contributed by atoms with E-state index in [1.807, 2.05) is 6.26 Å². The van der Waals surface area contributed by atoms with Gasteiger partial charge in [-0.25, -0.2) is 0 Å². The van der Waals surface area contributed by atoms with Crippen molar-refractivity contribution in [2.45, 2.75) is 37.5 Å². The van der Waals surface area contributed by atoms with Gasteiger partial charge in [-0.05, 0) is 31.3 Å². The van der Waals surface area contributed by atoms with Crippen molar-refractivity contribution in [1.82, 2.24) is 5.32 Å². The number of ether oxygens (including phenoxy) is 1. The fourth-order valence-corrected chi connectivity index (χ4v) is 2.05. The van der Waals surface area contributed by atoms with Gasteiger partial charge in [-0.1, -0.05) is 0 Å². The lowest BCUT2D eigenvalue weighted by molar-refractivity contribution is -0.124. The SMILES string of the molecule is COC1CC(NC(=O)[C@H](N)CCSC)C1. The number of carbonyl (C=O) groups is 1. The second-order valence-corrected chi connectivity index (χ2v) is 4.91. The molecule has 0 aliphatic heterocycles. The number of hydrogen-bond acceptors (Lipinski definition) is 4. The molecule has 0 radical (unpaired) electrons. The third kappa shape index (κ3) is 4.01. The first-order valence-corrected chi connectivity index (χ1v) is 6.64. The number of amides is 1. The van der Waals surface area contributed by atoms with Gasteiger partial charge in [-0.15, -0.1) is 0 Å². The van der Waals surface area contributed by atoms with E-state index in [0.717, 1.165) is 25.0 Å². The number of nitrogens with two attached hydrogens (primary N) is 1. The van der Waals surface area contributed by atoms with Crippen LogP contribution in [0.4, 0.5) is 0 Å². The summed E-state index contributed by atoms with van der Waals surface area (Å²) in [4.78, 5) is 11.6. The van der Waals surface area contributed by atoms with Crippen molar-refractivity contribution in [3.05, 3.63) is 0 Å². The van der Waals surface area contributed by atoms with Gasteiger partial charge in [-0.3, -0.25) is 4.79 Å². The molecule has 0 heterocycles. The van der Waals surface area contributed by atoms with Crippen LogP contribution in [-0.4, -0.2) is 43.2 Å². The summed E-state index contributed by atoms with van der Waals surface area (Å²) in [5, 5.41) is 2.94. The van der Waals surface area contributed by atoms with Crippen LogP contribution in [0.1, 0.15) is 19.3 Å². The van der Waals surface area contributed by atoms with Gasteiger partial charge < -0.3 is 15.8 Å². The highest BCUT2D eigenvalue weighted by Gasteiger charge is 2.30. The predicted octanol–water partition coefficient (Wildman–Crippen LogP) is 0.360. The molecule has 1 saturated carbocycles. The molecule has 3 N–H and O–H groups in total. The Balaban J connectivity index is 2.13. The van der Waals surface area contributed by atoms with Crippen molar-refractivity contribution in [3.8, 4) is 0 Å². The number of hydrogen-bond donors (Lipinski definition) is 2. The van der Waals surface area contributed by atoms with Gasteiger partial charge in [0.2, 0.25) is 5.91 Å². The first-order chi connectivity index (χ1) is 7.17. The lowest BCUT2D eigenvalue weighted by Gasteiger charge is -2.35. The first-order valence-electron chi connectivity index (χ1n) is 5.25. The molecule has 4 nitrogen and oxygen atoms in total. The molecule has 1 atom stereocenters. The predicted molar refractivity (Wildman–Crippen MR) is 62.9 cm³/mol. The Morgan fingerprint density at radius 1 is 1.67 bits per heavy atom. The Morgan fingerprint density at radius 2 is 2.33 bits per heavy atom. The van der Waals surface area contributed by atoms with E-state index in [1.54, 1.807) is 18.9 Å². The lowest BCUT2D eigenvalue weighted by atomic mass is 9.89. The Kier molecular flexibility index (Phi) is 5.42. The standard InChI is InChI=1S/C10H20N2O2S/c1-14-8-5-7(6-8)12-10(13)9(11)3-4-15-2/h7-9H,3-6,11H2,1-2H3,(H,12,13)/t7?,8?,9-/m1/s1. The Hall–Kier alpha value is -0.260. The van der Waals surface area contributed by atoms with E-state index < -0.39 is 0 Å². The maximum Gasteiger partial charge on any atom is 0.237 e. The van der Waals surface area contributed by atoms with Gasteiger partial charge in [0.1, 0.15) is 0 Å². The summed E-state index contributed by atoms with van der Waals surface area (Å²) in [7, 11) is 1.70. The smallest absolute Gasteiger partial charge is 0.237 e. The molecule has 0 aromatic rings. The number of nitrogens with one attached hydrogen (secondary N) is 1. The molecule has 1 aliphatic rings. The fraction of sp³-hybridized carbons (Fsp3) is 0.900. The Morgan fingerprint density at radius 3 is 2.87 bits per heavy atom. The van der Waals surface area contributed by atoms with Crippen LogP contribution >= 0.6 is 11.8 Å². The summed E-state index contributed by atoms with van der Waals surface area (Å²) >= 11 is 1.71. The molecule has 88 valence electrons. The number of thioether (sulfide) groups is 1. The van der Waals surface area contributed by atoms with Crippen LogP contribution in [0.25, 0.3) is 0 Å². The quantitative estimate of drug-likeness (QED) is 0.694. The van der Waals surface area contributed by atoms with Crippen molar-refractivity contribution in [2.75, 3.05) is 19.1 Å². The molecule has 0 aromatic carbocycles. The van der Waals surface area contributed by atoms with Crippen molar-refractivity contribution in [3.63, 3.8) is 0 Å². The molecular weight excluding hydrogens is 212 g/mol. The van der Waals surface area contributed by atoms with Crippen molar-refractivity contribution in [2.24, 2.45) is 5.73 Å². The zero-order chi connectivity index (χ0) is 11.3. The van der Waals surface area contributed by atoms with Gasteiger partial charge in [0.05, 0.1) is 12.1 Å². The Labute approximate surface area is 95.3 Å². The van der Waals surface area contributed by atoms with E-state index in [0.29, 0.717) is 6.10 Å². The van der Waals surface area contributed by atoms with Crippen LogP contribution < -0.4 is 11.1 Å². The first kappa shape index (κ1) is 12.8. The van der Waals surface area contributed by atoms with Crippen LogP contribution in [0.5, 0.6) is 0 Å². The number of carbonyl (C=O) groups excluding carboxylic acids is 1. The van der Waals surface area contributed by atoms with Crippen molar-refractivity contribution >= 4 is 17.7 Å². The summed E-state index contributed by atoms with van der Waals surface area (Å²) in [5.41, 5.74) is 5.74. The molecule has 0 bridgehead atoms. The van der Waals surface area contributed by atoms with Crippen LogP contribution in [0.3, 0.4) is 0 Å². The van der Waals surface area contributed by atoms with Crippen LogP contribution in [0.2, 0.25) is 0 Å². The second kappa shape index (κ2) is 6.35. The van der Waals surface area contributed by atoms with Gasteiger partial charge in [0.15, 0.2) is 0 Å². The topological polar surface area (TPSA) is 64.3 Å². The minimum Gasteiger partial charge on any atom is -0.381 e. The average molecular weight is 232 g/mol. The normalized spacial score (nSPS) is 26.9. The van der Waals surface area contributed by atoms with E-state index >= 15 is 0 Å². The van der Waals surface area contributed by atoms with Gasteiger partial charge in [0.25, 0.3) is 0 Å². The van der Waals surface area contributed by atoms with Gasteiger partial charge in [-0.2, -0.15) is 11.8 Å². The van der Waals surface area contributed by atoms with Crippen LogP contribution in [0, 0.1) is 0 Å². The van der Waals surface area contributed by atoms with E-state index in [9.17, 15) is 4.79 Å². The monoisotopic (exact) mass is 232 g/mol. The maximum atomic E-state index is 11.6. The van der Waals surface area contributed by atoms with E-state index in [1.165, 1.54) is 0 Å². The zero-order valence-corrected chi connectivity index (χ0v) is 10.2. The highest BCUT2D eigenvalue weighted by Crippen LogP contribution is 2.22. The molecule has 15 heavy (non-hydrogen) atoms. The highest BCUT2D eigenvalue weighted by atomic mass is 32.2. The summed E-state index contributed by atoms with van der Waals surface area (Å²) < 4.78 is 5.14. The molecular formula is C10H20N2O2S. The van der Waals surface area contributed by atoms with Crippen molar-refractivity contribution < 1.29 is 9.53 Å². The van der Waals surface area contributed by atoms with E-state index in [2.05, 4.69) is 5.32 Å². The molecule has 1 aliphatic carbocycles. The minimum atomic E-state index is -0.362. The van der Waals surface area contributed by atoms with Crippen molar-refractivity contribution in [1.29, 1.82) is 0 Å².